The number of aromatic nitrogens is 1. The number of nitrogen functional groups attached to an aromatic ring is 1. The van der Waals surface area contributed by atoms with Gasteiger partial charge in [0.25, 0.3) is 6.67 Å². The third kappa shape index (κ3) is 5.66. The normalized spacial score (nSPS) is 13.0. The largest absolute Gasteiger partial charge is 0.398 e. The topological polar surface area (TPSA) is 91.7 Å². The molecule has 0 saturated heterocycles. The Hall–Kier alpha value is -4.82. The number of quaternary nitrogens is 1. The van der Waals surface area contributed by atoms with Crippen LogP contribution in [0.3, 0.4) is 0 Å². The molecule has 0 unspecified atom stereocenters. The molecule has 4 aromatic rings. The molecule has 42 heavy (non-hydrogen) atoms. The van der Waals surface area contributed by atoms with Gasteiger partial charge in [0.15, 0.2) is 30.6 Å². The fourth-order valence-electron chi connectivity index (χ4n) is 5.28. The Bertz CT molecular complexity index is 1710. The summed E-state index contributed by atoms with van der Waals surface area (Å²) in [4.78, 5) is 26.9. The van der Waals surface area contributed by atoms with Gasteiger partial charge in [0.05, 0.1) is 42.3 Å². The summed E-state index contributed by atoms with van der Waals surface area (Å²) in [5.74, 6) is -0.396. The van der Waals surface area contributed by atoms with Crippen LogP contribution in [0.2, 0.25) is 0 Å². The van der Waals surface area contributed by atoms with Crippen molar-refractivity contribution in [2.75, 3.05) is 43.9 Å². The first-order valence-electron chi connectivity index (χ1n) is 14.0. The van der Waals surface area contributed by atoms with E-state index in [9.17, 15) is 9.59 Å². The van der Waals surface area contributed by atoms with Crippen molar-refractivity contribution in [2.24, 2.45) is 5.10 Å². The van der Waals surface area contributed by atoms with Crippen LogP contribution in [-0.4, -0.2) is 49.6 Å². The second kappa shape index (κ2) is 11.2. The second-order valence-electron chi connectivity index (χ2n) is 11.7. The van der Waals surface area contributed by atoms with Crippen LogP contribution >= 0.6 is 0 Å². The number of hydrogen-bond donors (Lipinski definition) is 2. The number of carbonyl (C=O) groups is 2. The van der Waals surface area contributed by atoms with E-state index in [1.54, 1.807) is 24.3 Å². The van der Waals surface area contributed by atoms with Gasteiger partial charge in [-0.2, -0.15) is 9.67 Å². The van der Waals surface area contributed by atoms with Gasteiger partial charge >= 0.3 is 0 Å². The van der Waals surface area contributed by atoms with E-state index in [0.29, 0.717) is 51.4 Å². The summed E-state index contributed by atoms with van der Waals surface area (Å²) in [6, 6.07) is 21.2. The van der Waals surface area contributed by atoms with Crippen molar-refractivity contribution in [3.05, 3.63) is 118 Å². The van der Waals surface area contributed by atoms with Gasteiger partial charge in [0.1, 0.15) is 0 Å². The summed E-state index contributed by atoms with van der Waals surface area (Å²) in [5.41, 5.74) is 13.8. The molecule has 0 radical (unpaired) electrons. The fraction of sp³-hybridized carbons (Fsp3) is 0.235. The van der Waals surface area contributed by atoms with E-state index in [4.69, 9.17) is 10.8 Å². The third-order valence-corrected chi connectivity index (χ3v) is 7.71. The molecule has 214 valence electrons. The van der Waals surface area contributed by atoms with E-state index < -0.39 is 0 Å². The van der Waals surface area contributed by atoms with Crippen molar-refractivity contribution in [3.8, 4) is 0 Å². The van der Waals surface area contributed by atoms with Crippen molar-refractivity contribution in [1.82, 2.24) is 0 Å². The molecule has 8 nitrogen and oxygen atoms in total. The number of ketones is 2. The summed E-state index contributed by atoms with van der Waals surface area (Å²) in [7, 11) is 6.16. The monoisotopic (exact) mass is 562 g/mol. The Balaban J connectivity index is 1.30. The van der Waals surface area contributed by atoms with Gasteiger partial charge in [-0.05, 0) is 44.5 Å². The van der Waals surface area contributed by atoms with Gasteiger partial charge in [-0.3, -0.25) is 19.1 Å². The molecule has 1 heterocycles. The molecule has 3 aromatic carbocycles. The lowest BCUT2D eigenvalue weighted by Gasteiger charge is -2.29. The van der Waals surface area contributed by atoms with Crippen molar-refractivity contribution in [3.63, 3.8) is 0 Å². The number of fused-ring (bicyclic) bond motifs is 2. The summed E-state index contributed by atoms with van der Waals surface area (Å²) in [5, 5.41) is 10.1. The first kappa shape index (κ1) is 28.7. The maximum Gasteiger partial charge on any atom is 0.277 e. The van der Waals surface area contributed by atoms with E-state index in [-0.39, 0.29) is 11.6 Å². The molecule has 3 N–H and O–H groups in total. The van der Waals surface area contributed by atoms with Crippen molar-refractivity contribution in [2.45, 2.75) is 27.4 Å². The number of pyridine rings is 1. The Morgan fingerprint density at radius 1 is 0.929 bits per heavy atom. The summed E-state index contributed by atoms with van der Waals surface area (Å²) in [6.45, 7) is 7.14. The van der Waals surface area contributed by atoms with Crippen molar-refractivity contribution in [1.29, 1.82) is 0 Å². The SMILES string of the molecule is C/C(=N\N(C)c1ccc(C)cc1)c1cc[n+](C[N+](C)(C)CNc2cc(C)c(N)c3c2C(=O)c2ccccc2C3=O)cc1. The quantitative estimate of drug-likeness (QED) is 0.0700. The number of carbonyl (C=O) groups excluding carboxylic acids is 2. The van der Waals surface area contributed by atoms with E-state index in [2.05, 4.69) is 79.7 Å². The smallest absolute Gasteiger partial charge is 0.277 e. The van der Waals surface area contributed by atoms with Gasteiger partial charge in [0, 0.05) is 41.6 Å². The molecule has 1 aliphatic carbocycles. The number of nitrogens with two attached hydrogens (primary N) is 1. The molecule has 0 amide bonds. The average molecular weight is 563 g/mol. The number of hydrogen-bond acceptors (Lipinski definition) is 6. The number of anilines is 3. The molecular formula is C34H38N6O2+2. The predicted octanol–water partition coefficient (Wildman–Crippen LogP) is 4.91. The summed E-state index contributed by atoms with van der Waals surface area (Å²) < 4.78 is 2.70. The molecule has 0 spiro atoms. The number of benzene rings is 3. The van der Waals surface area contributed by atoms with Crippen molar-refractivity contribution < 1.29 is 18.6 Å². The first-order chi connectivity index (χ1) is 19.9. The van der Waals surface area contributed by atoms with Gasteiger partial charge < -0.3 is 11.1 Å². The maximum atomic E-state index is 13.5. The highest BCUT2D eigenvalue weighted by atomic mass is 16.1. The molecule has 0 fully saturated rings. The lowest BCUT2D eigenvalue weighted by molar-refractivity contribution is -1.03. The molecule has 0 saturated carbocycles. The lowest BCUT2D eigenvalue weighted by atomic mass is 9.81. The number of rotatable bonds is 8. The van der Waals surface area contributed by atoms with Crippen LogP contribution in [0.1, 0.15) is 55.5 Å². The minimum Gasteiger partial charge on any atom is -0.398 e. The molecule has 0 aliphatic heterocycles. The highest BCUT2D eigenvalue weighted by molar-refractivity contribution is 6.32. The van der Waals surface area contributed by atoms with Crippen LogP contribution in [-0.2, 0) is 6.67 Å². The van der Waals surface area contributed by atoms with Gasteiger partial charge in [-0.15, -0.1) is 0 Å². The van der Waals surface area contributed by atoms with Crippen LogP contribution in [0.5, 0.6) is 0 Å². The molecule has 0 bridgehead atoms. The fourth-order valence-corrected chi connectivity index (χ4v) is 5.28. The number of nitrogens with one attached hydrogen (secondary N) is 1. The number of nitrogens with zero attached hydrogens (tertiary/aromatic N) is 4. The Morgan fingerprint density at radius 2 is 1.52 bits per heavy atom. The second-order valence-corrected chi connectivity index (χ2v) is 11.7. The molecule has 0 atom stereocenters. The average Bonchev–Trinajstić information content (AvgIpc) is 2.96. The highest BCUT2D eigenvalue weighted by Gasteiger charge is 2.34. The summed E-state index contributed by atoms with van der Waals surface area (Å²) in [6.07, 6.45) is 4.10. The van der Waals surface area contributed by atoms with Gasteiger partial charge in [0.2, 0.25) is 0 Å². The Kier molecular flexibility index (Phi) is 7.67. The molecule has 1 aliphatic rings. The lowest BCUT2D eigenvalue weighted by Crippen LogP contribution is -2.54. The summed E-state index contributed by atoms with van der Waals surface area (Å²) >= 11 is 0. The van der Waals surface area contributed by atoms with Gasteiger partial charge in [-0.1, -0.05) is 42.0 Å². The maximum absolute atomic E-state index is 13.5. The van der Waals surface area contributed by atoms with Gasteiger partial charge in [-0.25, -0.2) is 0 Å². The predicted molar refractivity (Wildman–Crippen MR) is 168 cm³/mol. The van der Waals surface area contributed by atoms with Crippen molar-refractivity contribution >= 4 is 34.3 Å². The minimum absolute atomic E-state index is 0.185. The third-order valence-electron chi connectivity index (χ3n) is 7.71. The van der Waals surface area contributed by atoms with Crippen LogP contribution in [0.4, 0.5) is 17.1 Å². The molecule has 8 heteroatoms. The van der Waals surface area contributed by atoms with Crippen LogP contribution in [0.25, 0.3) is 0 Å². The highest BCUT2D eigenvalue weighted by Crippen LogP contribution is 2.37. The standard InChI is InChI=1S/C34H37N6O2/c1-22-11-13-26(14-12-22)38(4)37-24(3)25-15-17-39(18-16-25)21-40(5,6)20-36-29-19-23(2)32(35)31-30(29)33(41)27-9-7-8-10-28(27)34(31)42/h7-19,35,37H,20-21H2,1-6H3/q+1/p+1. The molecule has 5 rings (SSSR count). The van der Waals surface area contributed by atoms with E-state index >= 15 is 0 Å². The van der Waals surface area contributed by atoms with Crippen LogP contribution in [0, 0.1) is 13.8 Å². The zero-order valence-corrected chi connectivity index (χ0v) is 25.1. The van der Waals surface area contributed by atoms with E-state index in [0.717, 1.165) is 22.5 Å². The zero-order valence-electron chi connectivity index (χ0n) is 25.1. The van der Waals surface area contributed by atoms with E-state index in [1.807, 2.05) is 32.0 Å². The number of aryl methyl sites for hydroxylation is 2. The van der Waals surface area contributed by atoms with Crippen LogP contribution < -0.4 is 20.6 Å². The first-order valence-corrected chi connectivity index (χ1v) is 14.0. The Morgan fingerprint density at radius 3 is 2.14 bits per heavy atom. The molecule has 1 aromatic heterocycles. The van der Waals surface area contributed by atoms with Crippen LogP contribution in [0.15, 0.2) is 84.2 Å². The number of hydrazone groups is 1. The van der Waals surface area contributed by atoms with E-state index in [1.165, 1.54) is 5.56 Å². The molecular weight excluding hydrogens is 524 g/mol. The Labute approximate surface area is 247 Å². The zero-order chi connectivity index (χ0) is 30.2. The minimum atomic E-state index is -0.210.